The number of aromatic nitrogens is 1. The van der Waals surface area contributed by atoms with Gasteiger partial charge in [-0.2, -0.15) is 0 Å². The lowest BCUT2D eigenvalue weighted by atomic mass is 9.99. The third-order valence-electron chi connectivity index (χ3n) is 5.99. The van der Waals surface area contributed by atoms with E-state index in [-0.39, 0.29) is 18.1 Å². The molecule has 0 fully saturated rings. The van der Waals surface area contributed by atoms with Gasteiger partial charge < -0.3 is 19.3 Å². The van der Waals surface area contributed by atoms with Crippen molar-refractivity contribution in [1.29, 1.82) is 0 Å². The smallest absolute Gasteiger partial charge is 0.254 e. The number of hydrogen-bond donors (Lipinski definition) is 0. The molecule has 0 aliphatic rings. The molecule has 232 valence electrons. The summed E-state index contributed by atoms with van der Waals surface area (Å²) in [5.41, 5.74) is 2.68. The van der Waals surface area contributed by atoms with E-state index in [2.05, 4.69) is 35.0 Å². The summed E-state index contributed by atoms with van der Waals surface area (Å²) in [5.74, 6) is 1.17. The summed E-state index contributed by atoms with van der Waals surface area (Å²) in [6, 6.07) is 15.4. The van der Waals surface area contributed by atoms with Crippen LogP contribution in [0.15, 0.2) is 57.8 Å². The van der Waals surface area contributed by atoms with Gasteiger partial charge in [0.1, 0.15) is 5.01 Å². The number of aliphatic imine (C=N–C) groups is 2. The maximum absolute atomic E-state index is 12.8. The molecular formula is C33H45N5O4S. The van der Waals surface area contributed by atoms with Crippen molar-refractivity contribution in [3.05, 3.63) is 64.7 Å². The molecule has 0 saturated carbocycles. The molecule has 0 aliphatic heterocycles. The zero-order valence-electron chi connectivity index (χ0n) is 26.6. The standard InChI is InChI=1S/C25H28N2O4S.C8H17N3/c1-5-30-22-14-11-17(15-23(22)31-6-2)24-26-18(16-32-24)12-13-21(28)19-9-7-8-10-20(19)25(29)27(3)4;1-4-9-8-10-6-5-7-11(2)3/h7-11,14-16H,5-6,12-13H2,1-4H3;4-7H2,1-3H3. The first-order valence-corrected chi connectivity index (χ1v) is 15.5. The second-order valence-corrected chi connectivity index (χ2v) is 10.8. The normalized spacial score (nSPS) is 10.3. The van der Waals surface area contributed by atoms with Gasteiger partial charge >= 0.3 is 0 Å². The minimum atomic E-state index is -0.175. The number of rotatable bonds is 15. The number of thiazole rings is 1. The van der Waals surface area contributed by atoms with E-state index in [4.69, 9.17) is 14.5 Å². The third kappa shape index (κ3) is 12.1. The van der Waals surface area contributed by atoms with Gasteiger partial charge in [0.2, 0.25) is 0 Å². The van der Waals surface area contributed by atoms with Crippen LogP contribution < -0.4 is 9.47 Å². The lowest BCUT2D eigenvalue weighted by Gasteiger charge is -2.13. The Morgan fingerprint density at radius 1 is 0.930 bits per heavy atom. The van der Waals surface area contributed by atoms with Crippen LogP contribution in [0.4, 0.5) is 0 Å². The second kappa shape index (κ2) is 19.4. The van der Waals surface area contributed by atoms with E-state index in [0.29, 0.717) is 42.3 Å². The van der Waals surface area contributed by atoms with Crippen molar-refractivity contribution in [2.24, 2.45) is 9.98 Å². The summed E-state index contributed by atoms with van der Waals surface area (Å²) in [6.45, 7) is 9.65. The third-order valence-corrected chi connectivity index (χ3v) is 6.93. The number of aryl methyl sites for hydroxylation is 1. The zero-order chi connectivity index (χ0) is 31.6. The molecule has 9 nitrogen and oxygen atoms in total. The van der Waals surface area contributed by atoms with Gasteiger partial charge in [-0.25, -0.2) is 15.0 Å². The zero-order valence-corrected chi connectivity index (χ0v) is 27.4. The van der Waals surface area contributed by atoms with Gasteiger partial charge in [-0.3, -0.25) is 9.59 Å². The fourth-order valence-electron chi connectivity index (χ4n) is 3.91. The SMILES string of the molecule is CCN=C=NCCCN(C)C.CCOc1ccc(-c2nc(CCC(=O)c3ccccc3C(=O)N(C)C)cs2)cc1OCC. The molecule has 0 atom stereocenters. The van der Waals surface area contributed by atoms with E-state index in [0.717, 1.165) is 42.3 Å². The lowest BCUT2D eigenvalue weighted by Crippen LogP contribution is -2.24. The molecule has 1 aromatic heterocycles. The number of ketones is 1. The number of hydrogen-bond acceptors (Lipinski definition) is 9. The van der Waals surface area contributed by atoms with Crippen molar-refractivity contribution >= 4 is 29.0 Å². The molecule has 2 aromatic carbocycles. The van der Waals surface area contributed by atoms with Crippen molar-refractivity contribution in [3.63, 3.8) is 0 Å². The molecule has 0 aliphatic carbocycles. The molecule has 3 aromatic rings. The van der Waals surface area contributed by atoms with Crippen LogP contribution in [0.1, 0.15) is 60.0 Å². The summed E-state index contributed by atoms with van der Waals surface area (Å²) in [7, 11) is 7.48. The molecule has 3 rings (SSSR count). The number of Topliss-reactive ketones (excluding diaryl/α,β-unsaturated/α-hetero) is 1. The van der Waals surface area contributed by atoms with Crippen LogP contribution >= 0.6 is 11.3 Å². The van der Waals surface area contributed by atoms with Crippen molar-refractivity contribution in [2.45, 2.75) is 40.0 Å². The summed E-state index contributed by atoms with van der Waals surface area (Å²) in [5, 5.41) is 2.83. The number of benzene rings is 2. The van der Waals surface area contributed by atoms with Gasteiger partial charge in [0.25, 0.3) is 5.91 Å². The molecule has 43 heavy (non-hydrogen) atoms. The van der Waals surface area contributed by atoms with E-state index >= 15 is 0 Å². The minimum Gasteiger partial charge on any atom is -0.490 e. The van der Waals surface area contributed by atoms with Crippen LogP contribution in [0.2, 0.25) is 0 Å². The highest BCUT2D eigenvalue weighted by Gasteiger charge is 2.18. The number of carbonyl (C=O) groups is 2. The van der Waals surface area contributed by atoms with E-state index in [1.54, 1.807) is 38.4 Å². The second-order valence-electron chi connectivity index (χ2n) is 9.95. The number of nitrogens with zero attached hydrogens (tertiary/aromatic N) is 5. The Kier molecular flexibility index (Phi) is 15.9. The minimum absolute atomic E-state index is 0.0648. The fourth-order valence-corrected chi connectivity index (χ4v) is 4.76. The molecular weight excluding hydrogens is 562 g/mol. The Balaban J connectivity index is 0.000000499. The predicted molar refractivity (Wildman–Crippen MR) is 175 cm³/mol. The van der Waals surface area contributed by atoms with Gasteiger partial charge in [0.05, 0.1) is 37.0 Å². The lowest BCUT2D eigenvalue weighted by molar-refractivity contribution is 0.0820. The van der Waals surface area contributed by atoms with E-state index in [1.807, 2.05) is 44.4 Å². The molecule has 0 bridgehead atoms. The average molecular weight is 608 g/mol. The van der Waals surface area contributed by atoms with Crippen LogP contribution in [-0.4, -0.2) is 93.5 Å². The van der Waals surface area contributed by atoms with E-state index in [9.17, 15) is 9.59 Å². The molecule has 0 N–H and O–H groups in total. The number of ether oxygens (including phenoxy) is 2. The van der Waals surface area contributed by atoms with Crippen LogP contribution in [0.25, 0.3) is 10.6 Å². The van der Waals surface area contributed by atoms with Crippen molar-refractivity contribution in [3.8, 4) is 22.1 Å². The molecule has 0 unspecified atom stereocenters. The number of amides is 1. The highest BCUT2D eigenvalue weighted by Crippen LogP contribution is 2.34. The summed E-state index contributed by atoms with van der Waals surface area (Å²) < 4.78 is 11.3. The fraction of sp³-hybridized carbons (Fsp3) is 0.455. The monoisotopic (exact) mass is 607 g/mol. The quantitative estimate of drug-likeness (QED) is 0.115. The van der Waals surface area contributed by atoms with Gasteiger partial charge in [-0.05, 0) is 78.5 Å². The van der Waals surface area contributed by atoms with Crippen molar-refractivity contribution < 1.29 is 19.1 Å². The van der Waals surface area contributed by atoms with Crippen molar-refractivity contribution in [1.82, 2.24) is 14.8 Å². The molecule has 0 radical (unpaired) electrons. The van der Waals surface area contributed by atoms with Crippen LogP contribution in [-0.2, 0) is 6.42 Å². The van der Waals surface area contributed by atoms with Crippen molar-refractivity contribution in [2.75, 3.05) is 61.0 Å². The van der Waals surface area contributed by atoms with Gasteiger partial charge in [-0.1, -0.05) is 18.2 Å². The van der Waals surface area contributed by atoms with Gasteiger partial charge in [-0.15, -0.1) is 11.3 Å². The summed E-state index contributed by atoms with van der Waals surface area (Å²) >= 11 is 1.53. The first-order valence-electron chi connectivity index (χ1n) is 14.6. The topological polar surface area (TPSA) is 96.7 Å². The van der Waals surface area contributed by atoms with Gasteiger partial charge in [0, 0.05) is 43.6 Å². The van der Waals surface area contributed by atoms with E-state index in [1.165, 1.54) is 16.2 Å². The van der Waals surface area contributed by atoms with Gasteiger partial charge in [0.15, 0.2) is 17.3 Å². The average Bonchev–Trinajstić information content (AvgIpc) is 3.48. The highest BCUT2D eigenvalue weighted by molar-refractivity contribution is 7.13. The molecule has 1 heterocycles. The van der Waals surface area contributed by atoms with Crippen LogP contribution in [0.3, 0.4) is 0 Å². The maximum atomic E-state index is 12.8. The predicted octanol–water partition coefficient (Wildman–Crippen LogP) is 6.26. The first-order chi connectivity index (χ1) is 20.7. The Bertz CT molecular complexity index is 1360. The Morgan fingerprint density at radius 2 is 1.63 bits per heavy atom. The maximum Gasteiger partial charge on any atom is 0.254 e. The first kappa shape index (κ1) is 35.3. The van der Waals surface area contributed by atoms with Crippen LogP contribution in [0, 0.1) is 0 Å². The number of carbonyl (C=O) groups excluding carboxylic acids is 2. The Labute approximate surface area is 260 Å². The molecule has 1 amide bonds. The highest BCUT2D eigenvalue weighted by atomic mass is 32.1. The molecule has 0 spiro atoms. The summed E-state index contributed by atoms with van der Waals surface area (Å²) in [4.78, 5) is 41.4. The molecule has 0 saturated heterocycles. The largest absolute Gasteiger partial charge is 0.490 e. The van der Waals surface area contributed by atoms with Crippen LogP contribution in [0.5, 0.6) is 11.5 Å². The Morgan fingerprint density at radius 3 is 2.28 bits per heavy atom. The Hall–Kier alpha value is -3.85. The van der Waals surface area contributed by atoms with E-state index < -0.39 is 0 Å². The molecule has 10 heteroatoms. The summed E-state index contributed by atoms with van der Waals surface area (Å²) in [6.07, 6.45) is 1.88.